The Hall–Kier alpha value is -2.11. The molecule has 6 heteroatoms. The van der Waals surface area contributed by atoms with Gasteiger partial charge in [0.2, 0.25) is 0 Å². The van der Waals surface area contributed by atoms with Gasteiger partial charge in [-0.3, -0.25) is 9.89 Å². The third kappa shape index (κ3) is 2.04. The average Bonchev–Trinajstić information content (AvgIpc) is 2.88. The maximum atomic E-state index is 11.7. The number of carbonyl (C=O) groups excluding carboxylic acids is 1. The topological polar surface area (TPSA) is 75.0 Å². The molecule has 0 aromatic carbocycles. The third-order valence-electron chi connectivity index (χ3n) is 1.98. The molecule has 78 valence electrons. The molecular weight excluding hydrogens is 196 g/mol. The Morgan fingerprint density at radius 2 is 2.53 bits per heavy atom. The van der Waals surface area contributed by atoms with Gasteiger partial charge in [-0.25, -0.2) is 0 Å². The van der Waals surface area contributed by atoms with E-state index in [1.165, 1.54) is 12.3 Å². The number of hydrogen-bond donors (Lipinski definition) is 1. The largest absolute Gasteiger partial charge is 0.364 e. The summed E-state index contributed by atoms with van der Waals surface area (Å²) in [7, 11) is 1.70. The van der Waals surface area contributed by atoms with Gasteiger partial charge in [-0.15, -0.1) is 0 Å². The predicted molar refractivity (Wildman–Crippen MR) is 50.9 cm³/mol. The zero-order chi connectivity index (χ0) is 10.7. The highest BCUT2D eigenvalue weighted by atomic mass is 16.5. The summed E-state index contributed by atoms with van der Waals surface area (Å²) in [6.07, 6.45) is 4.79. The van der Waals surface area contributed by atoms with E-state index in [4.69, 9.17) is 0 Å². The second kappa shape index (κ2) is 3.95. The highest BCUT2D eigenvalue weighted by Gasteiger charge is 2.14. The number of aromatic nitrogens is 3. The fourth-order valence-corrected chi connectivity index (χ4v) is 1.23. The Kier molecular flexibility index (Phi) is 2.49. The first-order chi connectivity index (χ1) is 7.27. The Bertz CT molecular complexity index is 421. The van der Waals surface area contributed by atoms with Gasteiger partial charge >= 0.3 is 0 Å². The minimum absolute atomic E-state index is 0.176. The number of rotatable bonds is 3. The Morgan fingerprint density at radius 3 is 3.13 bits per heavy atom. The minimum Gasteiger partial charge on any atom is -0.364 e. The van der Waals surface area contributed by atoms with Crippen molar-refractivity contribution in [2.45, 2.75) is 6.54 Å². The predicted octanol–water partition coefficient (Wildman–Crippen LogP) is 0.670. The van der Waals surface area contributed by atoms with Crippen LogP contribution in [0.1, 0.15) is 16.1 Å². The summed E-state index contributed by atoms with van der Waals surface area (Å²) in [5.41, 5.74) is 1.25. The van der Waals surface area contributed by atoms with Gasteiger partial charge in [0.1, 0.15) is 6.26 Å². The van der Waals surface area contributed by atoms with Crippen LogP contribution in [-0.2, 0) is 6.54 Å². The molecule has 0 aliphatic rings. The summed E-state index contributed by atoms with van der Waals surface area (Å²) >= 11 is 0. The maximum absolute atomic E-state index is 11.7. The van der Waals surface area contributed by atoms with E-state index in [1.54, 1.807) is 24.3 Å². The van der Waals surface area contributed by atoms with Gasteiger partial charge in [0.05, 0.1) is 6.20 Å². The van der Waals surface area contributed by atoms with Crippen LogP contribution in [0, 0.1) is 0 Å². The van der Waals surface area contributed by atoms with Gasteiger partial charge in [-0.05, 0) is 0 Å². The van der Waals surface area contributed by atoms with Crippen LogP contribution in [0.5, 0.6) is 0 Å². The SMILES string of the molecule is CN(Cc1cn[nH]c1)C(=O)c1ccon1. The molecule has 0 unspecified atom stereocenters. The molecule has 0 aliphatic carbocycles. The molecule has 6 nitrogen and oxygen atoms in total. The van der Waals surface area contributed by atoms with Crippen LogP contribution in [0.4, 0.5) is 0 Å². The monoisotopic (exact) mass is 206 g/mol. The molecule has 0 radical (unpaired) electrons. The van der Waals surface area contributed by atoms with Crippen molar-refractivity contribution in [3.63, 3.8) is 0 Å². The molecule has 0 atom stereocenters. The Balaban J connectivity index is 2.03. The van der Waals surface area contributed by atoms with E-state index >= 15 is 0 Å². The van der Waals surface area contributed by atoms with E-state index in [-0.39, 0.29) is 5.91 Å². The Morgan fingerprint density at radius 1 is 1.67 bits per heavy atom. The first kappa shape index (κ1) is 9.45. The number of hydrogen-bond acceptors (Lipinski definition) is 4. The lowest BCUT2D eigenvalue weighted by molar-refractivity contribution is 0.0775. The van der Waals surface area contributed by atoms with Crippen molar-refractivity contribution in [1.82, 2.24) is 20.3 Å². The molecule has 2 aromatic rings. The molecule has 0 fully saturated rings. The number of carbonyl (C=O) groups is 1. The normalized spacial score (nSPS) is 10.2. The summed E-state index contributed by atoms with van der Waals surface area (Å²) in [5.74, 6) is -0.176. The summed E-state index contributed by atoms with van der Waals surface area (Å²) in [5, 5.41) is 10.1. The number of nitrogens with one attached hydrogen (secondary N) is 1. The molecule has 0 saturated carbocycles. The van der Waals surface area contributed by atoms with Gasteiger partial charge in [0.25, 0.3) is 5.91 Å². The molecule has 0 saturated heterocycles. The van der Waals surface area contributed by atoms with Crippen molar-refractivity contribution < 1.29 is 9.32 Å². The quantitative estimate of drug-likeness (QED) is 0.800. The minimum atomic E-state index is -0.176. The zero-order valence-corrected chi connectivity index (χ0v) is 8.17. The fraction of sp³-hybridized carbons (Fsp3) is 0.222. The highest BCUT2D eigenvalue weighted by Crippen LogP contribution is 2.04. The van der Waals surface area contributed by atoms with E-state index in [0.29, 0.717) is 12.2 Å². The first-order valence-corrected chi connectivity index (χ1v) is 4.41. The first-order valence-electron chi connectivity index (χ1n) is 4.41. The number of H-pyrrole nitrogens is 1. The van der Waals surface area contributed by atoms with Gasteiger partial charge < -0.3 is 9.42 Å². The van der Waals surface area contributed by atoms with E-state index in [0.717, 1.165) is 5.56 Å². The molecule has 1 amide bonds. The second-order valence-electron chi connectivity index (χ2n) is 3.15. The molecule has 2 rings (SSSR count). The van der Waals surface area contributed by atoms with Crippen LogP contribution in [0.3, 0.4) is 0 Å². The molecule has 15 heavy (non-hydrogen) atoms. The van der Waals surface area contributed by atoms with Crippen molar-refractivity contribution in [2.24, 2.45) is 0 Å². The molecule has 0 bridgehead atoms. The molecule has 0 aliphatic heterocycles. The van der Waals surface area contributed by atoms with Crippen molar-refractivity contribution in [2.75, 3.05) is 7.05 Å². The molecule has 2 aromatic heterocycles. The average molecular weight is 206 g/mol. The molecule has 0 spiro atoms. The van der Waals surface area contributed by atoms with Crippen LogP contribution < -0.4 is 0 Å². The van der Waals surface area contributed by atoms with Crippen molar-refractivity contribution in [3.8, 4) is 0 Å². The van der Waals surface area contributed by atoms with Crippen molar-refractivity contribution in [1.29, 1.82) is 0 Å². The maximum Gasteiger partial charge on any atom is 0.276 e. The summed E-state index contributed by atoms with van der Waals surface area (Å²) in [6.45, 7) is 0.488. The molecule has 1 N–H and O–H groups in total. The zero-order valence-electron chi connectivity index (χ0n) is 8.17. The summed E-state index contributed by atoms with van der Waals surface area (Å²) < 4.78 is 4.60. The van der Waals surface area contributed by atoms with Crippen molar-refractivity contribution in [3.05, 3.63) is 36.0 Å². The van der Waals surface area contributed by atoms with Gasteiger partial charge in [-0.2, -0.15) is 5.10 Å². The lowest BCUT2D eigenvalue weighted by Crippen LogP contribution is -2.26. The van der Waals surface area contributed by atoms with Crippen LogP contribution in [-0.4, -0.2) is 33.2 Å². The lowest BCUT2D eigenvalue weighted by Gasteiger charge is -2.13. The second-order valence-corrected chi connectivity index (χ2v) is 3.15. The van der Waals surface area contributed by atoms with Gasteiger partial charge in [0, 0.05) is 31.4 Å². The fourth-order valence-electron chi connectivity index (χ4n) is 1.23. The van der Waals surface area contributed by atoms with Crippen LogP contribution >= 0.6 is 0 Å². The van der Waals surface area contributed by atoms with E-state index in [9.17, 15) is 4.79 Å². The summed E-state index contributed by atoms with van der Waals surface area (Å²) in [4.78, 5) is 13.2. The Labute approximate surface area is 85.9 Å². The van der Waals surface area contributed by atoms with E-state index in [1.807, 2.05) is 0 Å². The molecular formula is C9H10N4O2. The standard InChI is InChI=1S/C9H10N4O2/c1-13(6-7-4-10-11-5-7)9(14)8-2-3-15-12-8/h2-5H,6H2,1H3,(H,10,11). The number of amides is 1. The van der Waals surface area contributed by atoms with Gasteiger partial charge in [-0.1, -0.05) is 5.16 Å². The lowest BCUT2D eigenvalue weighted by atomic mass is 10.3. The smallest absolute Gasteiger partial charge is 0.276 e. The van der Waals surface area contributed by atoms with Crippen LogP contribution in [0.15, 0.2) is 29.2 Å². The van der Waals surface area contributed by atoms with Crippen LogP contribution in [0.2, 0.25) is 0 Å². The summed E-state index contributed by atoms with van der Waals surface area (Å²) in [6, 6.07) is 1.54. The molecule has 2 heterocycles. The third-order valence-corrected chi connectivity index (χ3v) is 1.98. The van der Waals surface area contributed by atoms with Crippen molar-refractivity contribution >= 4 is 5.91 Å². The van der Waals surface area contributed by atoms with Gasteiger partial charge in [0.15, 0.2) is 5.69 Å². The number of nitrogens with zero attached hydrogens (tertiary/aromatic N) is 3. The van der Waals surface area contributed by atoms with Crippen LogP contribution in [0.25, 0.3) is 0 Å². The van der Waals surface area contributed by atoms with E-state index < -0.39 is 0 Å². The highest BCUT2D eigenvalue weighted by molar-refractivity contribution is 5.91. The number of aromatic amines is 1. The van der Waals surface area contributed by atoms with E-state index in [2.05, 4.69) is 19.9 Å².